The molecule has 4 heteroatoms. The van der Waals surface area contributed by atoms with Crippen LogP contribution >= 0.6 is 0 Å². The second-order valence-electron chi connectivity index (χ2n) is 9.70. The second kappa shape index (κ2) is 10.2. The lowest BCUT2D eigenvalue weighted by Gasteiger charge is -2.33. The zero-order chi connectivity index (χ0) is 22.4. The third-order valence-corrected chi connectivity index (χ3v) is 6.15. The summed E-state index contributed by atoms with van der Waals surface area (Å²) in [4.78, 5) is 15.3. The Kier molecular flexibility index (Phi) is 7.64. The van der Waals surface area contributed by atoms with Crippen molar-refractivity contribution in [2.45, 2.75) is 58.8 Å². The fourth-order valence-electron chi connectivity index (χ4n) is 4.82. The highest BCUT2D eigenvalue weighted by Gasteiger charge is 2.44. The van der Waals surface area contributed by atoms with Crippen LogP contribution in [-0.4, -0.2) is 26.2 Å². The lowest BCUT2D eigenvalue weighted by molar-refractivity contribution is -0.147. The van der Waals surface area contributed by atoms with Crippen molar-refractivity contribution in [1.82, 2.24) is 0 Å². The number of hydrogen-bond donors (Lipinski definition) is 1. The van der Waals surface area contributed by atoms with E-state index in [1.54, 1.807) is 0 Å². The zero-order valence-electron chi connectivity index (χ0n) is 19.8. The van der Waals surface area contributed by atoms with E-state index in [2.05, 4.69) is 68.2 Å². The quantitative estimate of drug-likeness (QED) is 0.466. The van der Waals surface area contributed by atoms with E-state index in [1.165, 1.54) is 12.8 Å². The van der Waals surface area contributed by atoms with Crippen LogP contribution in [0.1, 0.15) is 58.9 Å². The van der Waals surface area contributed by atoms with Gasteiger partial charge in [0.2, 0.25) is 0 Å². The number of esters is 1. The van der Waals surface area contributed by atoms with Crippen LogP contribution < -0.4 is 10.2 Å². The average Bonchev–Trinajstić information content (AvgIpc) is 3.24. The molecule has 31 heavy (non-hydrogen) atoms. The van der Waals surface area contributed by atoms with E-state index < -0.39 is 5.41 Å². The molecule has 0 heterocycles. The molecule has 1 fully saturated rings. The molecule has 0 saturated heterocycles. The third kappa shape index (κ3) is 5.41. The highest BCUT2D eigenvalue weighted by molar-refractivity contribution is 5.86. The first-order valence-electron chi connectivity index (χ1n) is 11.7. The SMILES string of the molecule is COC(=O)C1(c2ccc(N(CC(C)C)CC(C)C)c(Nc3ccccc3)c2)CCCC1. The van der Waals surface area contributed by atoms with Crippen LogP contribution in [-0.2, 0) is 14.9 Å². The Balaban J connectivity index is 2.08. The maximum Gasteiger partial charge on any atom is 0.316 e. The minimum atomic E-state index is -0.526. The van der Waals surface area contributed by atoms with Gasteiger partial charge in [-0.2, -0.15) is 0 Å². The number of anilines is 3. The molecule has 1 aliphatic rings. The van der Waals surface area contributed by atoms with E-state index in [4.69, 9.17) is 4.74 Å². The summed E-state index contributed by atoms with van der Waals surface area (Å²) in [5.41, 5.74) is 3.83. The molecule has 168 valence electrons. The predicted molar refractivity (Wildman–Crippen MR) is 130 cm³/mol. The van der Waals surface area contributed by atoms with Gasteiger partial charge in [-0.15, -0.1) is 0 Å². The summed E-state index contributed by atoms with van der Waals surface area (Å²) in [6.45, 7) is 11.0. The van der Waals surface area contributed by atoms with E-state index in [0.29, 0.717) is 11.8 Å². The van der Waals surface area contributed by atoms with Crippen LogP contribution in [0.2, 0.25) is 0 Å². The average molecular weight is 423 g/mol. The van der Waals surface area contributed by atoms with Gasteiger partial charge in [-0.05, 0) is 54.5 Å². The van der Waals surface area contributed by atoms with Crippen molar-refractivity contribution >= 4 is 23.0 Å². The molecule has 1 saturated carbocycles. The van der Waals surface area contributed by atoms with Crippen LogP contribution in [0.4, 0.5) is 17.1 Å². The molecule has 0 bridgehead atoms. The van der Waals surface area contributed by atoms with Crippen molar-refractivity contribution in [2.75, 3.05) is 30.4 Å². The van der Waals surface area contributed by atoms with E-state index in [-0.39, 0.29) is 5.97 Å². The normalized spacial score (nSPS) is 15.3. The molecule has 1 aliphatic carbocycles. The number of rotatable bonds is 9. The standard InChI is InChI=1S/C27H38N2O2/c1-20(2)18-29(19-21(3)4)25-14-13-22(27(26(30)31-5)15-9-10-16-27)17-24(25)28-23-11-7-6-8-12-23/h6-8,11-14,17,20-21,28H,9-10,15-16,18-19H2,1-5H3. The van der Waals surface area contributed by atoms with Crippen molar-refractivity contribution in [1.29, 1.82) is 0 Å². The molecule has 0 unspecified atom stereocenters. The van der Waals surface area contributed by atoms with Gasteiger partial charge in [-0.25, -0.2) is 0 Å². The third-order valence-electron chi connectivity index (χ3n) is 6.15. The molecule has 0 aromatic heterocycles. The van der Waals surface area contributed by atoms with Crippen LogP contribution in [0, 0.1) is 11.8 Å². The number of nitrogens with one attached hydrogen (secondary N) is 1. The van der Waals surface area contributed by atoms with Gasteiger partial charge in [0.25, 0.3) is 0 Å². The Bertz CT molecular complexity index is 845. The molecule has 4 nitrogen and oxygen atoms in total. The summed E-state index contributed by atoms with van der Waals surface area (Å²) >= 11 is 0. The summed E-state index contributed by atoms with van der Waals surface area (Å²) in [6.07, 6.45) is 3.83. The van der Waals surface area contributed by atoms with Crippen LogP contribution in [0.25, 0.3) is 0 Å². The van der Waals surface area contributed by atoms with Crippen molar-refractivity contribution in [3.8, 4) is 0 Å². The smallest absolute Gasteiger partial charge is 0.316 e. The number of benzene rings is 2. The van der Waals surface area contributed by atoms with E-state index in [9.17, 15) is 4.79 Å². The fourth-order valence-corrected chi connectivity index (χ4v) is 4.82. The monoisotopic (exact) mass is 422 g/mol. The first kappa shape index (κ1) is 23.2. The van der Waals surface area contributed by atoms with Crippen molar-refractivity contribution in [3.05, 3.63) is 54.1 Å². The summed E-state index contributed by atoms with van der Waals surface area (Å²) in [7, 11) is 1.51. The predicted octanol–water partition coefficient (Wildman–Crippen LogP) is 6.53. The lowest BCUT2D eigenvalue weighted by atomic mass is 9.78. The molecule has 2 aromatic rings. The molecule has 1 N–H and O–H groups in total. The highest BCUT2D eigenvalue weighted by Crippen LogP contribution is 2.44. The number of carbonyl (C=O) groups excluding carboxylic acids is 1. The van der Waals surface area contributed by atoms with Gasteiger partial charge in [0, 0.05) is 18.8 Å². The molecule has 0 amide bonds. The van der Waals surface area contributed by atoms with Gasteiger partial charge in [0.05, 0.1) is 23.9 Å². The lowest BCUT2D eigenvalue weighted by Crippen LogP contribution is -2.35. The molecule has 2 aromatic carbocycles. The first-order valence-corrected chi connectivity index (χ1v) is 11.7. The van der Waals surface area contributed by atoms with Gasteiger partial charge < -0.3 is 15.0 Å². The number of carbonyl (C=O) groups is 1. The summed E-state index contributed by atoms with van der Waals surface area (Å²) in [5.74, 6) is 1.00. The zero-order valence-corrected chi connectivity index (χ0v) is 19.8. The van der Waals surface area contributed by atoms with Crippen molar-refractivity contribution in [2.24, 2.45) is 11.8 Å². The van der Waals surface area contributed by atoms with Crippen LogP contribution in [0.5, 0.6) is 0 Å². The van der Waals surface area contributed by atoms with Crippen LogP contribution in [0.15, 0.2) is 48.5 Å². The number of para-hydroxylation sites is 1. The van der Waals surface area contributed by atoms with E-state index in [1.807, 2.05) is 18.2 Å². The topological polar surface area (TPSA) is 41.6 Å². The number of hydrogen-bond acceptors (Lipinski definition) is 4. The van der Waals surface area contributed by atoms with Gasteiger partial charge in [-0.3, -0.25) is 4.79 Å². The highest BCUT2D eigenvalue weighted by atomic mass is 16.5. The van der Waals surface area contributed by atoms with Crippen LogP contribution in [0.3, 0.4) is 0 Å². The van der Waals surface area contributed by atoms with E-state index >= 15 is 0 Å². The first-order chi connectivity index (χ1) is 14.9. The Labute approximate surface area is 188 Å². The molecule has 3 rings (SSSR count). The number of nitrogens with zero attached hydrogens (tertiary/aromatic N) is 1. The van der Waals surface area contributed by atoms with Gasteiger partial charge >= 0.3 is 5.97 Å². The largest absolute Gasteiger partial charge is 0.468 e. The summed E-state index contributed by atoms with van der Waals surface area (Å²) in [5, 5.41) is 3.64. The fraction of sp³-hybridized carbons (Fsp3) is 0.519. The molecular weight excluding hydrogens is 384 g/mol. The Morgan fingerprint density at radius 1 is 1.00 bits per heavy atom. The number of ether oxygens (including phenoxy) is 1. The van der Waals surface area contributed by atoms with Crippen molar-refractivity contribution in [3.63, 3.8) is 0 Å². The molecule has 0 spiro atoms. The molecular formula is C27H38N2O2. The minimum Gasteiger partial charge on any atom is -0.468 e. The van der Waals surface area contributed by atoms with Gasteiger partial charge in [0.1, 0.15) is 0 Å². The molecule has 0 aliphatic heterocycles. The van der Waals surface area contributed by atoms with Gasteiger partial charge in [0.15, 0.2) is 0 Å². The molecule has 0 atom stereocenters. The summed E-state index contributed by atoms with van der Waals surface area (Å²) < 4.78 is 5.26. The molecule has 0 radical (unpaired) electrons. The maximum absolute atomic E-state index is 12.9. The Hall–Kier alpha value is -2.49. The van der Waals surface area contributed by atoms with E-state index in [0.717, 1.165) is 55.7 Å². The Morgan fingerprint density at radius 2 is 1.61 bits per heavy atom. The number of methoxy groups -OCH3 is 1. The summed E-state index contributed by atoms with van der Waals surface area (Å²) in [6, 6.07) is 16.8. The van der Waals surface area contributed by atoms with Crippen molar-refractivity contribution < 1.29 is 9.53 Å². The second-order valence-corrected chi connectivity index (χ2v) is 9.70. The minimum absolute atomic E-state index is 0.107. The maximum atomic E-state index is 12.9. The van der Waals surface area contributed by atoms with Gasteiger partial charge in [-0.1, -0.05) is 64.8 Å². The Morgan fingerprint density at radius 3 is 2.16 bits per heavy atom.